The molecule has 6 nitrogen and oxygen atoms in total. The van der Waals surface area contributed by atoms with Crippen molar-refractivity contribution in [2.24, 2.45) is 5.41 Å². The number of hydrogen-bond acceptors (Lipinski definition) is 5. The highest BCUT2D eigenvalue weighted by Gasteiger charge is 2.34. The summed E-state index contributed by atoms with van der Waals surface area (Å²) >= 11 is 7.50. The molecule has 1 N–H and O–H groups in total. The first kappa shape index (κ1) is 18.8. The number of aryl methyl sites for hydroxylation is 1. The number of benzene rings is 1. The highest BCUT2D eigenvalue weighted by Crippen LogP contribution is 2.35. The third-order valence-corrected chi connectivity index (χ3v) is 5.69. The van der Waals surface area contributed by atoms with E-state index in [1.807, 2.05) is 45.9 Å². The van der Waals surface area contributed by atoms with Gasteiger partial charge in [0.2, 0.25) is 16.9 Å². The van der Waals surface area contributed by atoms with Crippen LogP contribution in [-0.4, -0.2) is 28.6 Å². The fraction of sp³-hybridized carbons (Fsp3) is 0.444. The Kier molecular flexibility index (Phi) is 5.03. The minimum atomic E-state index is -0.503. The van der Waals surface area contributed by atoms with Gasteiger partial charge in [-0.25, -0.2) is 0 Å². The highest BCUT2D eigenvalue weighted by molar-refractivity contribution is 7.15. The predicted octanol–water partition coefficient (Wildman–Crippen LogP) is 4.01. The van der Waals surface area contributed by atoms with Crippen LogP contribution in [0.5, 0.6) is 0 Å². The average Bonchev–Trinajstić information content (AvgIpc) is 3.16. The minimum Gasteiger partial charge on any atom is -0.312 e. The van der Waals surface area contributed by atoms with E-state index in [1.165, 1.54) is 11.3 Å². The maximum Gasteiger partial charge on any atom is 0.231 e. The Labute approximate surface area is 161 Å². The van der Waals surface area contributed by atoms with Gasteiger partial charge in [-0.3, -0.25) is 9.59 Å². The lowest BCUT2D eigenvalue weighted by molar-refractivity contribution is -0.123. The van der Waals surface area contributed by atoms with Crippen LogP contribution in [0.2, 0.25) is 5.02 Å². The number of nitrogens with zero attached hydrogens (tertiary/aromatic N) is 3. The van der Waals surface area contributed by atoms with Gasteiger partial charge in [0, 0.05) is 35.0 Å². The van der Waals surface area contributed by atoms with Crippen LogP contribution >= 0.6 is 22.9 Å². The number of halogens is 1. The van der Waals surface area contributed by atoms with Gasteiger partial charge in [-0.05, 0) is 24.6 Å². The molecule has 2 aromatic rings. The number of amides is 2. The molecule has 1 saturated heterocycles. The normalized spacial score (nSPS) is 17.7. The van der Waals surface area contributed by atoms with Crippen molar-refractivity contribution in [3.05, 3.63) is 33.8 Å². The molecule has 0 radical (unpaired) electrons. The third kappa shape index (κ3) is 3.88. The van der Waals surface area contributed by atoms with Crippen molar-refractivity contribution in [1.29, 1.82) is 0 Å². The molecule has 0 bridgehead atoms. The molecule has 8 heteroatoms. The van der Waals surface area contributed by atoms with Crippen molar-refractivity contribution in [2.45, 2.75) is 40.0 Å². The number of hydrogen-bond donors (Lipinski definition) is 1. The summed E-state index contributed by atoms with van der Waals surface area (Å²) in [6.45, 7) is 7.97. The number of aromatic nitrogens is 2. The lowest BCUT2D eigenvalue weighted by Gasteiger charge is -2.17. The van der Waals surface area contributed by atoms with Crippen LogP contribution < -0.4 is 10.2 Å². The zero-order valence-corrected chi connectivity index (χ0v) is 16.7. The largest absolute Gasteiger partial charge is 0.312 e. The molecule has 1 aliphatic heterocycles. The van der Waals surface area contributed by atoms with Gasteiger partial charge < -0.3 is 10.2 Å². The van der Waals surface area contributed by atoms with Crippen LogP contribution in [0, 0.1) is 12.3 Å². The molecule has 2 amide bonds. The van der Waals surface area contributed by atoms with Gasteiger partial charge in [0.25, 0.3) is 0 Å². The van der Waals surface area contributed by atoms with E-state index in [1.54, 1.807) is 4.90 Å². The lowest BCUT2D eigenvalue weighted by Crippen LogP contribution is -2.27. The Balaban J connectivity index is 1.73. The summed E-state index contributed by atoms with van der Waals surface area (Å²) in [5.74, 6) is -0.121. The fourth-order valence-corrected chi connectivity index (χ4v) is 3.61. The quantitative estimate of drug-likeness (QED) is 0.856. The Morgan fingerprint density at radius 1 is 1.35 bits per heavy atom. The van der Waals surface area contributed by atoms with E-state index in [2.05, 4.69) is 15.5 Å². The maximum atomic E-state index is 12.4. The topological polar surface area (TPSA) is 75.2 Å². The van der Waals surface area contributed by atoms with Crippen LogP contribution in [0.15, 0.2) is 18.2 Å². The summed E-state index contributed by atoms with van der Waals surface area (Å²) in [7, 11) is 0. The molecular weight excluding hydrogens is 372 g/mol. The first-order valence-corrected chi connectivity index (χ1v) is 9.56. The standard InChI is InChI=1S/C18H21ClN4O2S/c1-10-5-6-12(8-13(10)19)23-9-11(7-14(23)24)15-21-22-17(26-15)20-16(25)18(2,3)4/h5-6,8,11H,7,9H2,1-4H3,(H,20,22,25)/t11-/m0/s1. The van der Waals surface area contributed by atoms with Crippen LogP contribution in [0.1, 0.15) is 43.7 Å². The van der Waals surface area contributed by atoms with E-state index >= 15 is 0 Å². The van der Waals surface area contributed by atoms with E-state index in [4.69, 9.17) is 11.6 Å². The molecule has 1 atom stereocenters. The van der Waals surface area contributed by atoms with Gasteiger partial charge in [-0.1, -0.05) is 49.8 Å². The number of rotatable bonds is 3. The first-order chi connectivity index (χ1) is 12.1. The zero-order valence-electron chi connectivity index (χ0n) is 15.2. The van der Waals surface area contributed by atoms with Crippen LogP contribution in [0.4, 0.5) is 10.8 Å². The van der Waals surface area contributed by atoms with Gasteiger partial charge >= 0.3 is 0 Å². The molecule has 138 valence electrons. The van der Waals surface area contributed by atoms with E-state index in [9.17, 15) is 9.59 Å². The monoisotopic (exact) mass is 392 g/mol. The van der Waals surface area contributed by atoms with Crippen molar-refractivity contribution in [2.75, 3.05) is 16.8 Å². The zero-order chi connectivity index (χ0) is 19.1. The second kappa shape index (κ2) is 6.96. The van der Waals surface area contributed by atoms with Crippen LogP contribution in [0.25, 0.3) is 0 Å². The molecule has 1 aromatic heterocycles. The summed E-state index contributed by atoms with van der Waals surface area (Å²) in [5.41, 5.74) is 1.26. The first-order valence-electron chi connectivity index (χ1n) is 8.36. The Morgan fingerprint density at radius 2 is 2.08 bits per heavy atom. The smallest absolute Gasteiger partial charge is 0.231 e. The van der Waals surface area contributed by atoms with Gasteiger partial charge in [-0.2, -0.15) is 0 Å². The molecule has 2 heterocycles. The summed E-state index contributed by atoms with van der Waals surface area (Å²) in [6, 6.07) is 5.62. The second-order valence-corrected chi connectivity index (χ2v) is 8.90. The molecule has 0 aliphatic carbocycles. The fourth-order valence-electron chi connectivity index (χ4n) is 2.61. The van der Waals surface area contributed by atoms with Crippen molar-refractivity contribution < 1.29 is 9.59 Å². The molecular formula is C18H21ClN4O2S. The summed E-state index contributed by atoms with van der Waals surface area (Å²) in [6.07, 6.45) is 0.368. The number of anilines is 2. The highest BCUT2D eigenvalue weighted by atomic mass is 35.5. The summed E-state index contributed by atoms with van der Waals surface area (Å²) < 4.78 is 0. The Bertz CT molecular complexity index is 859. The number of carbonyl (C=O) groups excluding carboxylic acids is 2. The van der Waals surface area contributed by atoms with E-state index in [-0.39, 0.29) is 17.7 Å². The molecule has 1 aromatic carbocycles. The van der Waals surface area contributed by atoms with Gasteiger partial charge in [-0.15, -0.1) is 10.2 Å². The van der Waals surface area contributed by atoms with E-state index in [0.717, 1.165) is 16.3 Å². The van der Waals surface area contributed by atoms with E-state index < -0.39 is 5.41 Å². The van der Waals surface area contributed by atoms with Gasteiger partial charge in [0.05, 0.1) is 0 Å². The molecule has 0 saturated carbocycles. The summed E-state index contributed by atoms with van der Waals surface area (Å²) in [4.78, 5) is 26.2. The molecule has 1 fully saturated rings. The van der Waals surface area contributed by atoms with Crippen molar-refractivity contribution in [3.63, 3.8) is 0 Å². The molecule has 1 aliphatic rings. The van der Waals surface area contributed by atoms with Crippen LogP contribution in [0.3, 0.4) is 0 Å². The Hall–Kier alpha value is -1.99. The number of carbonyl (C=O) groups is 2. The average molecular weight is 393 g/mol. The van der Waals surface area contributed by atoms with E-state index in [0.29, 0.717) is 23.1 Å². The van der Waals surface area contributed by atoms with Crippen molar-refractivity contribution in [1.82, 2.24) is 10.2 Å². The maximum absolute atomic E-state index is 12.4. The lowest BCUT2D eigenvalue weighted by atomic mass is 9.96. The molecule has 0 spiro atoms. The predicted molar refractivity (Wildman–Crippen MR) is 104 cm³/mol. The molecule has 3 rings (SSSR count). The number of nitrogens with one attached hydrogen (secondary N) is 1. The second-order valence-electron chi connectivity index (χ2n) is 7.49. The SMILES string of the molecule is Cc1ccc(N2C[C@@H](c3nnc(NC(=O)C(C)(C)C)s3)CC2=O)cc1Cl. The summed E-state index contributed by atoms with van der Waals surface area (Å²) in [5, 5.41) is 12.9. The molecule has 0 unspecified atom stereocenters. The van der Waals surface area contributed by atoms with Gasteiger partial charge in [0.15, 0.2) is 0 Å². The van der Waals surface area contributed by atoms with Gasteiger partial charge in [0.1, 0.15) is 5.01 Å². The van der Waals surface area contributed by atoms with Crippen molar-refractivity contribution >= 4 is 45.6 Å². The Morgan fingerprint density at radius 3 is 2.73 bits per heavy atom. The van der Waals surface area contributed by atoms with Crippen molar-refractivity contribution in [3.8, 4) is 0 Å². The molecule has 26 heavy (non-hydrogen) atoms. The van der Waals surface area contributed by atoms with Crippen LogP contribution in [-0.2, 0) is 9.59 Å². The minimum absolute atomic E-state index is 0.0328. The third-order valence-electron chi connectivity index (χ3n) is 4.28.